The van der Waals surface area contributed by atoms with Crippen LogP contribution in [0.2, 0.25) is 0 Å². The number of carbonyl (C=O) groups is 2. The van der Waals surface area contributed by atoms with Crippen molar-refractivity contribution < 1.29 is 14.7 Å². The van der Waals surface area contributed by atoms with Crippen LogP contribution in [-0.4, -0.2) is 58.4 Å². The summed E-state index contributed by atoms with van der Waals surface area (Å²) in [6.45, 7) is 2.21. The minimum atomic E-state index is -0.875. The van der Waals surface area contributed by atoms with Crippen LogP contribution in [0.15, 0.2) is 28.9 Å². The number of aromatic nitrogens is 1. The summed E-state index contributed by atoms with van der Waals surface area (Å²) >= 11 is 3.43. The van der Waals surface area contributed by atoms with Crippen molar-refractivity contribution in [3.63, 3.8) is 0 Å². The van der Waals surface area contributed by atoms with Gasteiger partial charge in [-0.25, -0.2) is 0 Å². The van der Waals surface area contributed by atoms with Crippen LogP contribution in [0.3, 0.4) is 0 Å². The maximum absolute atomic E-state index is 11.8. The molecule has 0 spiro atoms. The highest BCUT2D eigenvalue weighted by atomic mass is 79.9. The molecule has 2 aromatic rings. The highest BCUT2D eigenvalue weighted by molar-refractivity contribution is 9.10. The van der Waals surface area contributed by atoms with Crippen LogP contribution in [0.4, 0.5) is 0 Å². The minimum absolute atomic E-state index is 0.552. The van der Waals surface area contributed by atoms with Crippen LogP contribution in [0.1, 0.15) is 11.6 Å². The van der Waals surface area contributed by atoms with Gasteiger partial charge in [-0.2, -0.15) is 0 Å². The summed E-state index contributed by atoms with van der Waals surface area (Å²) in [5.74, 6) is -0.875. The lowest BCUT2D eigenvalue weighted by Crippen LogP contribution is -2.48. The Morgan fingerprint density at radius 1 is 1.32 bits per heavy atom. The lowest BCUT2D eigenvalue weighted by atomic mass is 10.0. The summed E-state index contributed by atoms with van der Waals surface area (Å²) in [7, 11) is 0. The number of carboxylic acid groups (broad SMARTS) is 1. The molecule has 116 valence electrons. The van der Waals surface area contributed by atoms with Crippen molar-refractivity contribution in [2.75, 3.05) is 26.2 Å². The Morgan fingerprint density at radius 3 is 2.68 bits per heavy atom. The molecule has 1 atom stereocenters. The van der Waals surface area contributed by atoms with Crippen molar-refractivity contribution in [3.05, 3.63) is 34.4 Å². The molecule has 7 heteroatoms. The molecule has 3 rings (SSSR count). The first kappa shape index (κ1) is 15.1. The van der Waals surface area contributed by atoms with Crippen molar-refractivity contribution in [2.24, 2.45) is 0 Å². The molecule has 2 N–H and O–H groups in total. The molecular weight excluding hydrogens is 350 g/mol. The largest absolute Gasteiger partial charge is 0.480 e. The zero-order valence-electron chi connectivity index (χ0n) is 11.8. The molecule has 1 aliphatic heterocycles. The van der Waals surface area contributed by atoms with E-state index < -0.39 is 12.0 Å². The molecule has 1 aromatic carbocycles. The first-order valence-corrected chi connectivity index (χ1v) is 7.82. The molecule has 1 aliphatic rings. The number of rotatable bonds is 4. The van der Waals surface area contributed by atoms with E-state index in [2.05, 4.69) is 20.9 Å². The molecule has 1 saturated heterocycles. The number of carboxylic acids is 1. The molecule has 1 amide bonds. The van der Waals surface area contributed by atoms with Gasteiger partial charge in [-0.15, -0.1) is 0 Å². The Labute approximate surface area is 135 Å². The smallest absolute Gasteiger partial charge is 0.325 e. The second-order valence-corrected chi connectivity index (χ2v) is 6.27. The fraction of sp³-hybridized carbons (Fsp3) is 0.333. The van der Waals surface area contributed by atoms with Gasteiger partial charge in [0.2, 0.25) is 6.41 Å². The van der Waals surface area contributed by atoms with Crippen LogP contribution in [0.25, 0.3) is 10.9 Å². The molecule has 0 bridgehead atoms. The van der Waals surface area contributed by atoms with Crippen molar-refractivity contribution in [1.82, 2.24) is 14.8 Å². The lowest BCUT2D eigenvalue weighted by molar-refractivity contribution is -0.144. The van der Waals surface area contributed by atoms with Gasteiger partial charge in [-0.1, -0.05) is 15.9 Å². The average molecular weight is 366 g/mol. The fourth-order valence-corrected chi connectivity index (χ4v) is 3.29. The Bertz CT molecular complexity index is 707. The highest BCUT2D eigenvalue weighted by Crippen LogP contribution is 2.31. The zero-order valence-corrected chi connectivity index (χ0v) is 13.4. The zero-order chi connectivity index (χ0) is 15.7. The Morgan fingerprint density at radius 2 is 2.05 bits per heavy atom. The number of fused-ring (bicyclic) bond motifs is 1. The maximum atomic E-state index is 11.8. The van der Waals surface area contributed by atoms with Crippen molar-refractivity contribution in [3.8, 4) is 0 Å². The number of amides is 1. The third-order valence-corrected chi connectivity index (χ3v) is 4.56. The molecule has 0 unspecified atom stereocenters. The number of hydrogen-bond acceptors (Lipinski definition) is 3. The van der Waals surface area contributed by atoms with Gasteiger partial charge in [-0.05, 0) is 18.2 Å². The number of aromatic amines is 1. The summed E-state index contributed by atoms with van der Waals surface area (Å²) in [5.41, 5.74) is 1.67. The summed E-state index contributed by atoms with van der Waals surface area (Å²) in [5, 5.41) is 10.6. The molecular formula is C15H16BrN3O3. The van der Waals surface area contributed by atoms with Gasteiger partial charge >= 0.3 is 5.97 Å². The van der Waals surface area contributed by atoms with Crippen molar-refractivity contribution in [1.29, 1.82) is 0 Å². The van der Waals surface area contributed by atoms with Gasteiger partial charge in [0.15, 0.2) is 0 Å². The summed E-state index contributed by atoms with van der Waals surface area (Å²) < 4.78 is 0.913. The quantitative estimate of drug-likeness (QED) is 0.810. The molecule has 1 fully saturated rings. The van der Waals surface area contributed by atoms with Gasteiger partial charge in [-0.3, -0.25) is 14.5 Å². The average Bonchev–Trinajstić information content (AvgIpc) is 2.91. The van der Waals surface area contributed by atoms with Crippen LogP contribution in [0.5, 0.6) is 0 Å². The number of piperazine rings is 1. The first-order chi connectivity index (χ1) is 10.6. The van der Waals surface area contributed by atoms with Crippen LogP contribution >= 0.6 is 15.9 Å². The second-order valence-electron chi connectivity index (χ2n) is 5.35. The Hall–Kier alpha value is -1.86. The van der Waals surface area contributed by atoms with Crippen molar-refractivity contribution >= 4 is 39.2 Å². The number of benzene rings is 1. The van der Waals surface area contributed by atoms with Crippen LogP contribution in [-0.2, 0) is 9.59 Å². The van der Waals surface area contributed by atoms with Crippen LogP contribution in [0, 0.1) is 0 Å². The Kier molecular flexibility index (Phi) is 4.17. The highest BCUT2D eigenvalue weighted by Gasteiger charge is 2.31. The molecule has 0 radical (unpaired) electrons. The van der Waals surface area contributed by atoms with Gasteiger partial charge in [0, 0.05) is 53.3 Å². The first-order valence-electron chi connectivity index (χ1n) is 7.03. The summed E-state index contributed by atoms with van der Waals surface area (Å²) in [6.07, 6.45) is 2.58. The van der Waals surface area contributed by atoms with Crippen LogP contribution < -0.4 is 0 Å². The molecule has 22 heavy (non-hydrogen) atoms. The maximum Gasteiger partial charge on any atom is 0.325 e. The summed E-state index contributed by atoms with van der Waals surface area (Å²) in [6, 6.07) is 5.06. The third-order valence-electron chi connectivity index (χ3n) is 4.07. The molecule has 0 saturated carbocycles. The number of aliphatic carboxylic acids is 1. The molecule has 1 aromatic heterocycles. The SMILES string of the molecule is O=CN1CCN([C@H](C(=O)O)c2c[nH]c3ccc(Br)cc23)CC1. The molecule has 2 heterocycles. The monoisotopic (exact) mass is 365 g/mol. The summed E-state index contributed by atoms with van der Waals surface area (Å²) in [4.78, 5) is 29.3. The standard InChI is InChI=1S/C15H16BrN3O3/c16-10-1-2-13-11(7-10)12(8-17-13)14(15(21)22)19-5-3-18(9-20)4-6-19/h1-2,7-9,14,17H,3-6H2,(H,21,22)/t14-/m0/s1. The molecule has 6 nitrogen and oxygen atoms in total. The minimum Gasteiger partial charge on any atom is -0.480 e. The van der Waals surface area contributed by atoms with E-state index in [1.807, 2.05) is 23.1 Å². The number of nitrogens with zero attached hydrogens (tertiary/aromatic N) is 2. The van der Waals surface area contributed by atoms with E-state index in [-0.39, 0.29) is 0 Å². The predicted molar refractivity (Wildman–Crippen MR) is 85.6 cm³/mol. The number of hydrogen-bond donors (Lipinski definition) is 2. The number of halogens is 1. The van der Waals surface area contributed by atoms with E-state index in [0.29, 0.717) is 26.2 Å². The van der Waals surface area contributed by atoms with Gasteiger partial charge in [0.25, 0.3) is 0 Å². The fourth-order valence-electron chi connectivity index (χ4n) is 2.93. The van der Waals surface area contributed by atoms with Gasteiger partial charge in [0.1, 0.15) is 6.04 Å². The van der Waals surface area contributed by atoms with E-state index in [1.165, 1.54) is 0 Å². The number of carbonyl (C=O) groups excluding carboxylic acids is 1. The number of nitrogens with one attached hydrogen (secondary N) is 1. The van der Waals surface area contributed by atoms with Gasteiger partial charge in [0.05, 0.1) is 0 Å². The third kappa shape index (κ3) is 2.74. The number of H-pyrrole nitrogens is 1. The topological polar surface area (TPSA) is 76.6 Å². The molecule has 0 aliphatic carbocycles. The normalized spacial score (nSPS) is 17.6. The van der Waals surface area contributed by atoms with E-state index >= 15 is 0 Å². The van der Waals surface area contributed by atoms with E-state index in [4.69, 9.17) is 0 Å². The lowest BCUT2D eigenvalue weighted by Gasteiger charge is -2.36. The van der Waals surface area contributed by atoms with Crippen molar-refractivity contribution in [2.45, 2.75) is 6.04 Å². The predicted octanol–water partition coefficient (Wildman–Crippen LogP) is 1.83. The second kappa shape index (κ2) is 6.10. The van der Waals surface area contributed by atoms with E-state index in [9.17, 15) is 14.7 Å². The van der Waals surface area contributed by atoms with E-state index in [0.717, 1.165) is 27.3 Å². The van der Waals surface area contributed by atoms with E-state index in [1.54, 1.807) is 11.1 Å². The van der Waals surface area contributed by atoms with Gasteiger partial charge < -0.3 is 15.0 Å². The Balaban J connectivity index is 1.95.